The zero-order chi connectivity index (χ0) is 18.0. The summed E-state index contributed by atoms with van der Waals surface area (Å²) in [4.78, 5) is 0.114. The Morgan fingerprint density at radius 1 is 1.00 bits per heavy atom. The van der Waals surface area contributed by atoms with Gasteiger partial charge in [-0.2, -0.15) is 0 Å². The van der Waals surface area contributed by atoms with E-state index < -0.39 is 10.0 Å². The van der Waals surface area contributed by atoms with Crippen molar-refractivity contribution < 1.29 is 26.7 Å². The molecule has 1 aliphatic rings. The van der Waals surface area contributed by atoms with E-state index in [-0.39, 0.29) is 11.4 Å². The molecule has 1 N–H and O–H groups in total. The van der Waals surface area contributed by atoms with Crippen LogP contribution in [0.2, 0.25) is 0 Å². The monoisotopic (exact) mass is 375 g/mol. The molecule has 0 aliphatic carbocycles. The summed E-state index contributed by atoms with van der Waals surface area (Å²) >= 11 is 0. The molecule has 136 valence electrons. The maximum Gasteiger partial charge on any atom is 0.241 e. The molecule has 1 aromatic carbocycles. The van der Waals surface area contributed by atoms with E-state index in [2.05, 4.69) is 4.72 Å². The Morgan fingerprint density at radius 3 is 2.65 bits per heavy atom. The number of rotatable bonds is 5. The number of fused-ring (bicyclic) bond motifs is 1. The highest BCUT2D eigenvalue weighted by Gasteiger charge is 2.19. The SMILES string of the molecule is O=S(=O)(NCc1ccc(-c2ccoc2)o1)c1ccc2c(c1)OCCCO2. The lowest BCUT2D eigenvalue weighted by Crippen LogP contribution is -2.23. The smallest absolute Gasteiger partial charge is 0.241 e. The third-order valence-electron chi connectivity index (χ3n) is 3.93. The summed E-state index contributed by atoms with van der Waals surface area (Å²) < 4.78 is 49.3. The van der Waals surface area contributed by atoms with Crippen LogP contribution in [0, 0.1) is 0 Å². The van der Waals surface area contributed by atoms with Gasteiger partial charge in [0.15, 0.2) is 11.5 Å². The average Bonchev–Trinajstić information content (AvgIpc) is 3.27. The number of furan rings is 2. The van der Waals surface area contributed by atoms with Crippen molar-refractivity contribution in [1.82, 2.24) is 4.72 Å². The van der Waals surface area contributed by atoms with Gasteiger partial charge in [0.05, 0.1) is 36.5 Å². The molecule has 2 aromatic heterocycles. The van der Waals surface area contributed by atoms with Crippen molar-refractivity contribution in [3.05, 3.63) is 54.7 Å². The Hall–Kier alpha value is -2.71. The summed E-state index contributed by atoms with van der Waals surface area (Å²) in [6.07, 6.45) is 3.86. The Balaban J connectivity index is 1.48. The molecule has 0 atom stereocenters. The van der Waals surface area contributed by atoms with E-state index in [0.29, 0.717) is 36.2 Å². The first-order valence-corrected chi connectivity index (χ1v) is 9.61. The van der Waals surface area contributed by atoms with Gasteiger partial charge in [-0.1, -0.05) is 0 Å². The molecule has 0 spiro atoms. The number of sulfonamides is 1. The minimum atomic E-state index is -3.71. The van der Waals surface area contributed by atoms with Crippen LogP contribution in [-0.4, -0.2) is 21.6 Å². The van der Waals surface area contributed by atoms with Gasteiger partial charge in [-0.15, -0.1) is 0 Å². The van der Waals surface area contributed by atoms with E-state index in [1.807, 2.05) is 0 Å². The lowest BCUT2D eigenvalue weighted by molar-refractivity contribution is 0.297. The van der Waals surface area contributed by atoms with Crippen molar-refractivity contribution >= 4 is 10.0 Å². The first-order valence-electron chi connectivity index (χ1n) is 8.12. The molecule has 3 heterocycles. The summed E-state index contributed by atoms with van der Waals surface area (Å²) in [7, 11) is -3.71. The molecule has 0 saturated heterocycles. The molecule has 8 heteroatoms. The number of hydrogen-bond acceptors (Lipinski definition) is 6. The van der Waals surface area contributed by atoms with Crippen molar-refractivity contribution in [2.45, 2.75) is 17.9 Å². The van der Waals surface area contributed by atoms with Crippen LogP contribution in [0.1, 0.15) is 12.2 Å². The molecule has 1 aliphatic heterocycles. The molecule has 7 nitrogen and oxygen atoms in total. The van der Waals surface area contributed by atoms with Gasteiger partial charge in [0.1, 0.15) is 17.8 Å². The lowest BCUT2D eigenvalue weighted by atomic mass is 10.3. The third kappa shape index (κ3) is 3.47. The molecule has 4 rings (SSSR count). The Kier molecular flexibility index (Phi) is 4.44. The molecule has 0 fully saturated rings. The van der Waals surface area contributed by atoms with Crippen molar-refractivity contribution in [3.8, 4) is 22.8 Å². The zero-order valence-electron chi connectivity index (χ0n) is 13.8. The number of nitrogens with one attached hydrogen (secondary N) is 1. The fourth-order valence-corrected chi connectivity index (χ4v) is 3.60. The Labute approximate surface area is 150 Å². The average molecular weight is 375 g/mol. The normalized spacial score (nSPS) is 14.2. The standard InChI is InChI=1S/C18H17NO6S/c20-26(21,15-3-5-17-18(10-15)24-8-1-7-23-17)19-11-14-2-4-16(25-14)13-6-9-22-12-13/h2-6,9-10,12,19H,1,7-8,11H2. The van der Waals surface area contributed by atoms with Crippen molar-refractivity contribution in [2.75, 3.05) is 13.2 Å². The lowest BCUT2D eigenvalue weighted by Gasteiger charge is -2.10. The van der Waals surface area contributed by atoms with Gasteiger partial charge in [0, 0.05) is 12.5 Å². The van der Waals surface area contributed by atoms with Crippen LogP contribution in [0.5, 0.6) is 11.5 Å². The van der Waals surface area contributed by atoms with Crippen molar-refractivity contribution in [1.29, 1.82) is 0 Å². The van der Waals surface area contributed by atoms with Crippen LogP contribution in [0.3, 0.4) is 0 Å². The highest BCUT2D eigenvalue weighted by atomic mass is 32.2. The second-order valence-corrected chi connectivity index (χ2v) is 7.53. The van der Waals surface area contributed by atoms with Gasteiger partial charge in [0.2, 0.25) is 10.0 Å². The van der Waals surface area contributed by atoms with Gasteiger partial charge in [-0.05, 0) is 30.3 Å². The molecular weight excluding hydrogens is 358 g/mol. The van der Waals surface area contributed by atoms with Gasteiger partial charge < -0.3 is 18.3 Å². The van der Waals surface area contributed by atoms with Gasteiger partial charge in [0.25, 0.3) is 0 Å². The molecule has 26 heavy (non-hydrogen) atoms. The summed E-state index contributed by atoms with van der Waals surface area (Å²) in [5.74, 6) is 2.10. The zero-order valence-corrected chi connectivity index (χ0v) is 14.6. The maximum atomic E-state index is 12.5. The fourth-order valence-electron chi connectivity index (χ4n) is 2.59. The first kappa shape index (κ1) is 16.7. The van der Waals surface area contributed by atoms with Gasteiger partial charge in [-0.3, -0.25) is 0 Å². The van der Waals surface area contributed by atoms with Crippen LogP contribution < -0.4 is 14.2 Å². The van der Waals surface area contributed by atoms with E-state index in [9.17, 15) is 8.42 Å². The number of benzene rings is 1. The maximum absolute atomic E-state index is 12.5. The topological polar surface area (TPSA) is 90.9 Å². The molecule has 0 bridgehead atoms. The van der Waals surface area contributed by atoms with Crippen LogP contribution in [0.4, 0.5) is 0 Å². The Morgan fingerprint density at radius 2 is 1.85 bits per heavy atom. The second kappa shape index (κ2) is 6.89. The highest BCUT2D eigenvalue weighted by molar-refractivity contribution is 7.89. The minimum Gasteiger partial charge on any atom is -0.490 e. The number of ether oxygens (including phenoxy) is 2. The largest absolute Gasteiger partial charge is 0.490 e. The summed E-state index contributed by atoms with van der Waals surface area (Å²) in [5.41, 5.74) is 0.794. The number of hydrogen-bond donors (Lipinski definition) is 1. The van der Waals surface area contributed by atoms with E-state index in [4.69, 9.17) is 18.3 Å². The first-order chi connectivity index (χ1) is 12.6. The van der Waals surface area contributed by atoms with Crippen molar-refractivity contribution in [2.24, 2.45) is 0 Å². The molecule has 0 unspecified atom stereocenters. The fraction of sp³-hybridized carbons (Fsp3) is 0.222. The molecule has 0 radical (unpaired) electrons. The van der Waals surface area contributed by atoms with E-state index >= 15 is 0 Å². The van der Waals surface area contributed by atoms with Crippen molar-refractivity contribution in [3.63, 3.8) is 0 Å². The van der Waals surface area contributed by atoms with E-state index in [1.54, 1.807) is 36.8 Å². The summed E-state index contributed by atoms with van der Waals surface area (Å²) in [6.45, 7) is 1.08. The molecule has 0 saturated carbocycles. The molecule has 0 amide bonds. The minimum absolute atomic E-state index is 0.0363. The predicted molar refractivity (Wildman–Crippen MR) is 92.5 cm³/mol. The highest BCUT2D eigenvalue weighted by Crippen LogP contribution is 2.32. The summed E-state index contributed by atoms with van der Waals surface area (Å²) in [5, 5.41) is 0. The van der Waals surface area contributed by atoms with Crippen LogP contribution in [0.15, 0.2) is 62.7 Å². The van der Waals surface area contributed by atoms with E-state index in [0.717, 1.165) is 12.0 Å². The van der Waals surface area contributed by atoms with Crippen LogP contribution in [-0.2, 0) is 16.6 Å². The molecular formula is C18H17NO6S. The quantitative estimate of drug-likeness (QED) is 0.736. The second-order valence-electron chi connectivity index (χ2n) is 5.76. The van der Waals surface area contributed by atoms with E-state index in [1.165, 1.54) is 12.1 Å². The van der Waals surface area contributed by atoms with Gasteiger partial charge >= 0.3 is 0 Å². The van der Waals surface area contributed by atoms with Gasteiger partial charge in [-0.25, -0.2) is 13.1 Å². The molecule has 3 aromatic rings. The van der Waals surface area contributed by atoms with Crippen LogP contribution in [0.25, 0.3) is 11.3 Å². The third-order valence-corrected chi connectivity index (χ3v) is 5.33. The summed E-state index contributed by atoms with van der Waals surface area (Å²) in [6, 6.07) is 9.83. The van der Waals surface area contributed by atoms with Crippen LogP contribution >= 0.6 is 0 Å². The Bertz CT molecular complexity index is 991. The predicted octanol–water partition coefficient (Wildman–Crippen LogP) is 3.18.